The standard InChI is InChI=1S/C19H18ClFN2O4/c1-23-16(6-8-18(23)24)19(25)22-15-10-12(4-7-17(15)26-2)27-11-3-5-13(20)14(21)9-11/h3-5,7,9-10,16H,6,8H2,1-2H3,(H,22,25). The van der Waals surface area contributed by atoms with Crippen LogP contribution in [-0.4, -0.2) is 36.9 Å². The van der Waals surface area contributed by atoms with Crippen LogP contribution in [0.1, 0.15) is 12.8 Å². The Kier molecular flexibility index (Phi) is 5.51. The average Bonchev–Trinajstić information content (AvgIpc) is 2.97. The van der Waals surface area contributed by atoms with Crippen LogP contribution < -0.4 is 14.8 Å². The smallest absolute Gasteiger partial charge is 0.247 e. The Hall–Kier alpha value is -2.80. The van der Waals surface area contributed by atoms with E-state index in [0.717, 1.165) is 0 Å². The normalized spacial score (nSPS) is 16.4. The van der Waals surface area contributed by atoms with E-state index >= 15 is 0 Å². The molecule has 1 saturated heterocycles. The van der Waals surface area contributed by atoms with Gasteiger partial charge in [-0.05, 0) is 30.7 Å². The summed E-state index contributed by atoms with van der Waals surface area (Å²) in [6.07, 6.45) is 0.806. The van der Waals surface area contributed by atoms with Crippen molar-refractivity contribution in [2.24, 2.45) is 0 Å². The molecule has 2 aromatic rings. The van der Waals surface area contributed by atoms with Crippen molar-refractivity contribution in [1.29, 1.82) is 0 Å². The molecule has 1 aliphatic rings. The molecule has 1 aliphatic heterocycles. The first-order valence-corrected chi connectivity index (χ1v) is 8.64. The molecule has 1 N–H and O–H groups in total. The summed E-state index contributed by atoms with van der Waals surface area (Å²) in [7, 11) is 3.08. The number of hydrogen-bond donors (Lipinski definition) is 1. The van der Waals surface area contributed by atoms with Gasteiger partial charge in [-0.15, -0.1) is 0 Å². The highest BCUT2D eigenvalue weighted by atomic mass is 35.5. The number of methoxy groups -OCH3 is 1. The lowest BCUT2D eigenvalue weighted by Crippen LogP contribution is -2.38. The summed E-state index contributed by atoms with van der Waals surface area (Å²) >= 11 is 5.67. The number of carbonyl (C=O) groups excluding carboxylic acids is 2. The molecule has 0 aliphatic carbocycles. The molecule has 8 heteroatoms. The van der Waals surface area contributed by atoms with Crippen LogP contribution in [0, 0.1) is 5.82 Å². The number of amides is 2. The molecule has 3 rings (SSSR count). The molecule has 0 aromatic heterocycles. The molecule has 0 radical (unpaired) electrons. The van der Waals surface area contributed by atoms with Crippen LogP contribution in [0.3, 0.4) is 0 Å². The molecule has 27 heavy (non-hydrogen) atoms. The number of nitrogens with zero attached hydrogens (tertiary/aromatic N) is 1. The van der Waals surface area contributed by atoms with E-state index in [-0.39, 0.29) is 22.6 Å². The van der Waals surface area contributed by atoms with Gasteiger partial charge in [0, 0.05) is 25.6 Å². The van der Waals surface area contributed by atoms with Crippen LogP contribution >= 0.6 is 11.6 Å². The van der Waals surface area contributed by atoms with Crippen molar-refractivity contribution in [3.05, 3.63) is 47.2 Å². The van der Waals surface area contributed by atoms with Gasteiger partial charge in [0.1, 0.15) is 29.1 Å². The Labute approximate surface area is 160 Å². The predicted molar refractivity (Wildman–Crippen MR) is 98.9 cm³/mol. The molecule has 6 nitrogen and oxygen atoms in total. The van der Waals surface area contributed by atoms with Crippen molar-refractivity contribution >= 4 is 29.1 Å². The van der Waals surface area contributed by atoms with Crippen LogP contribution in [-0.2, 0) is 9.59 Å². The van der Waals surface area contributed by atoms with Gasteiger partial charge < -0.3 is 19.7 Å². The minimum absolute atomic E-state index is 0.000244. The second-order valence-corrected chi connectivity index (χ2v) is 6.50. The summed E-state index contributed by atoms with van der Waals surface area (Å²) in [5.41, 5.74) is 0.391. The number of anilines is 1. The molecule has 2 amide bonds. The van der Waals surface area contributed by atoms with E-state index in [0.29, 0.717) is 30.0 Å². The number of ether oxygens (including phenoxy) is 2. The maximum absolute atomic E-state index is 13.6. The SMILES string of the molecule is COc1ccc(Oc2ccc(Cl)c(F)c2)cc1NC(=O)C1CCC(=O)N1C. The third kappa shape index (κ3) is 4.14. The van der Waals surface area contributed by atoms with E-state index in [1.54, 1.807) is 25.2 Å². The van der Waals surface area contributed by atoms with Crippen LogP contribution in [0.4, 0.5) is 10.1 Å². The van der Waals surface area contributed by atoms with Crippen LogP contribution in [0.25, 0.3) is 0 Å². The first-order chi connectivity index (χ1) is 12.9. The van der Waals surface area contributed by atoms with Crippen molar-refractivity contribution in [1.82, 2.24) is 4.90 Å². The van der Waals surface area contributed by atoms with Crippen LogP contribution in [0.2, 0.25) is 5.02 Å². The van der Waals surface area contributed by atoms with Gasteiger partial charge >= 0.3 is 0 Å². The Morgan fingerprint density at radius 1 is 1.26 bits per heavy atom. The van der Waals surface area contributed by atoms with Gasteiger partial charge in [0.2, 0.25) is 11.8 Å². The molecular formula is C19H18ClFN2O4. The molecular weight excluding hydrogens is 375 g/mol. The van der Waals surface area contributed by atoms with Gasteiger partial charge in [0.15, 0.2) is 0 Å². The molecule has 142 valence electrons. The number of hydrogen-bond acceptors (Lipinski definition) is 4. The Balaban J connectivity index is 1.80. The number of benzene rings is 2. The van der Waals surface area contributed by atoms with E-state index in [1.807, 2.05) is 0 Å². The maximum atomic E-state index is 13.6. The zero-order valence-electron chi connectivity index (χ0n) is 14.8. The van der Waals surface area contributed by atoms with Crippen molar-refractivity contribution in [3.8, 4) is 17.2 Å². The third-order valence-corrected chi connectivity index (χ3v) is 4.66. The van der Waals surface area contributed by atoms with E-state index in [4.69, 9.17) is 21.1 Å². The monoisotopic (exact) mass is 392 g/mol. The largest absolute Gasteiger partial charge is 0.495 e. The summed E-state index contributed by atoms with van der Waals surface area (Å²) in [5, 5.41) is 2.77. The summed E-state index contributed by atoms with van der Waals surface area (Å²) in [6, 6.07) is 8.40. The van der Waals surface area contributed by atoms with Crippen molar-refractivity contribution in [2.45, 2.75) is 18.9 Å². The van der Waals surface area contributed by atoms with E-state index in [1.165, 1.54) is 30.2 Å². The number of likely N-dealkylation sites (tertiary alicyclic amines) is 1. The second-order valence-electron chi connectivity index (χ2n) is 6.09. The van der Waals surface area contributed by atoms with E-state index < -0.39 is 11.9 Å². The fraction of sp³-hybridized carbons (Fsp3) is 0.263. The highest BCUT2D eigenvalue weighted by Crippen LogP contribution is 2.33. The van der Waals surface area contributed by atoms with Gasteiger partial charge in [-0.3, -0.25) is 9.59 Å². The zero-order chi connectivity index (χ0) is 19.6. The summed E-state index contributed by atoms with van der Waals surface area (Å²) in [4.78, 5) is 25.6. The van der Waals surface area contributed by atoms with Gasteiger partial charge in [-0.2, -0.15) is 0 Å². The highest BCUT2D eigenvalue weighted by molar-refractivity contribution is 6.30. The Morgan fingerprint density at radius 2 is 1.96 bits per heavy atom. The predicted octanol–water partition coefficient (Wildman–Crippen LogP) is 3.84. The number of carbonyl (C=O) groups is 2. The van der Waals surface area contributed by atoms with Crippen molar-refractivity contribution in [3.63, 3.8) is 0 Å². The minimum atomic E-state index is -0.592. The molecule has 0 saturated carbocycles. The minimum Gasteiger partial charge on any atom is -0.495 e. The number of nitrogens with one attached hydrogen (secondary N) is 1. The van der Waals surface area contributed by atoms with E-state index in [9.17, 15) is 14.0 Å². The number of rotatable bonds is 5. The van der Waals surface area contributed by atoms with Gasteiger partial charge in [0.05, 0.1) is 17.8 Å². The molecule has 1 unspecified atom stereocenters. The first-order valence-electron chi connectivity index (χ1n) is 8.26. The Morgan fingerprint density at radius 3 is 2.59 bits per heavy atom. The molecule has 0 spiro atoms. The number of halogens is 2. The molecule has 2 aromatic carbocycles. The van der Waals surface area contributed by atoms with Gasteiger partial charge in [-0.25, -0.2) is 4.39 Å². The maximum Gasteiger partial charge on any atom is 0.247 e. The molecule has 1 heterocycles. The fourth-order valence-corrected chi connectivity index (χ4v) is 2.97. The second kappa shape index (κ2) is 7.84. The fourth-order valence-electron chi connectivity index (χ4n) is 2.85. The van der Waals surface area contributed by atoms with Gasteiger partial charge in [0.25, 0.3) is 0 Å². The summed E-state index contributed by atoms with van der Waals surface area (Å²) in [5.74, 6) is 0.111. The topological polar surface area (TPSA) is 67.9 Å². The van der Waals surface area contributed by atoms with Gasteiger partial charge in [-0.1, -0.05) is 11.6 Å². The lowest BCUT2D eigenvalue weighted by molar-refractivity contribution is -0.131. The van der Waals surface area contributed by atoms with Crippen molar-refractivity contribution in [2.75, 3.05) is 19.5 Å². The molecule has 0 bridgehead atoms. The Bertz CT molecular complexity index is 890. The first kappa shape index (κ1) is 19.0. The molecule has 1 fully saturated rings. The average molecular weight is 393 g/mol. The zero-order valence-corrected chi connectivity index (χ0v) is 15.5. The quantitative estimate of drug-likeness (QED) is 0.839. The van der Waals surface area contributed by atoms with Crippen molar-refractivity contribution < 1.29 is 23.5 Å². The number of likely N-dealkylation sites (N-methyl/N-ethyl adjacent to an activating group) is 1. The lowest BCUT2D eigenvalue weighted by atomic mass is 10.2. The van der Waals surface area contributed by atoms with Crippen LogP contribution in [0.5, 0.6) is 17.2 Å². The summed E-state index contributed by atoms with van der Waals surface area (Å²) in [6.45, 7) is 0. The molecule has 1 atom stereocenters. The van der Waals surface area contributed by atoms with Crippen LogP contribution in [0.15, 0.2) is 36.4 Å². The lowest BCUT2D eigenvalue weighted by Gasteiger charge is -2.20. The van der Waals surface area contributed by atoms with E-state index in [2.05, 4.69) is 5.32 Å². The summed E-state index contributed by atoms with van der Waals surface area (Å²) < 4.78 is 24.5. The highest BCUT2D eigenvalue weighted by Gasteiger charge is 2.33. The third-order valence-electron chi connectivity index (χ3n) is 4.35.